The third-order valence-corrected chi connectivity index (χ3v) is 0.777. The summed E-state index contributed by atoms with van der Waals surface area (Å²) in [6.45, 7) is 0. The van der Waals surface area contributed by atoms with Crippen molar-refractivity contribution >= 4 is 11.3 Å². The van der Waals surface area contributed by atoms with E-state index < -0.39 is 0 Å². The van der Waals surface area contributed by atoms with Gasteiger partial charge >= 0.3 is 0 Å². The molecule has 1 radical (unpaired) electrons. The lowest BCUT2D eigenvalue weighted by atomic mass is 11.0. The second-order valence-corrected chi connectivity index (χ2v) is 1.34. The van der Waals surface area contributed by atoms with Gasteiger partial charge in [-0.1, -0.05) is 0 Å². The number of hydrogen-bond donors (Lipinski definition) is 0. The molecule has 0 aliphatic carbocycles. The third-order valence-electron chi connectivity index (χ3n) is 0.309. The molecule has 0 saturated carbocycles. The summed E-state index contributed by atoms with van der Waals surface area (Å²) in [6, 6.07) is 0. The highest BCUT2D eigenvalue weighted by atomic mass is 32.1. The van der Waals surface area contributed by atoms with Crippen LogP contribution in [-0.4, -0.2) is 4.98 Å². The summed E-state index contributed by atoms with van der Waals surface area (Å²) in [6.07, 6.45) is 2.63. The van der Waals surface area contributed by atoms with Gasteiger partial charge in [0.05, 0.1) is 5.51 Å². The molecular formula is C3H2NS. The number of aromatic nitrogens is 1. The van der Waals surface area contributed by atoms with Crippen LogP contribution in [0.3, 0.4) is 0 Å². The minimum Gasteiger partial charge on any atom is -0.243 e. The second-order valence-electron chi connectivity index (χ2n) is 0.618. The largest absolute Gasteiger partial charge is 0.243 e. The molecule has 0 unspecified atom stereocenters. The topological polar surface area (TPSA) is 12.9 Å². The van der Waals surface area contributed by atoms with Crippen LogP contribution in [0.2, 0.25) is 0 Å². The molecule has 0 saturated heterocycles. The molecule has 1 aromatic rings. The summed E-state index contributed by atoms with van der Waals surface area (Å²) in [5.41, 5.74) is 1.74. The van der Waals surface area contributed by atoms with Gasteiger partial charge in [0.1, 0.15) is 6.20 Å². The summed E-state index contributed by atoms with van der Waals surface area (Å²) in [4.78, 5) is 3.62. The van der Waals surface area contributed by atoms with Gasteiger partial charge in [0, 0.05) is 5.38 Å². The summed E-state index contributed by atoms with van der Waals surface area (Å²) < 4.78 is 0. The van der Waals surface area contributed by atoms with Crippen LogP contribution < -0.4 is 0 Å². The minimum atomic E-state index is 1.55. The fraction of sp³-hybridized carbons (Fsp3) is 0. The van der Waals surface area contributed by atoms with Crippen molar-refractivity contribution in [3.05, 3.63) is 17.1 Å². The number of hydrogen-bond acceptors (Lipinski definition) is 2. The molecule has 0 fully saturated rings. The summed E-state index contributed by atoms with van der Waals surface area (Å²) >= 11 is 1.55. The first-order valence-corrected chi connectivity index (χ1v) is 2.18. The maximum Gasteiger partial charge on any atom is 0.100 e. The molecule has 0 atom stereocenters. The summed E-state index contributed by atoms with van der Waals surface area (Å²) in [5.74, 6) is 0. The van der Waals surface area contributed by atoms with Gasteiger partial charge in [-0.3, -0.25) is 0 Å². The van der Waals surface area contributed by atoms with Crippen LogP contribution in [0.4, 0.5) is 0 Å². The minimum absolute atomic E-state index is 1.55. The van der Waals surface area contributed by atoms with E-state index in [4.69, 9.17) is 0 Å². The Kier molecular flexibility index (Phi) is 0.667. The van der Waals surface area contributed by atoms with Gasteiger partial charge in [-0.25, -0.2) is 4.98 Å². The molecule has 1 rings (SSSR count). The molecule has 2 heteroatoms. The van der Waals surface area contributed by atoms with Crippen LogP contribution in [0, 0.1) is 6.20 Å². The molecule has 0 N–H and O–H groups in total. The number of rotatable bonds is 0. The van der Waals surface area contributed by atoms with Crippen LogP contribution in [0.25, 0.3) is 0 Å². The van der Waals surface area contributed by atoms with Crippen molar-refractivity contribution in [3.63, 3.8) is 0 Å². The van der Waals surface area contributed by atoms with E-state index >= 15 is 0 Å². The zero-order valence-corrected chi connectivity index (χ0v) is 3.33. The van der Waals surface area contributed by atoms with Crippen LogP contribution in [0.5, 0.6) is 0 Å². The molecule has 1 heterocycles. The molecule has 0 amide bonds. The average molecular weight is 84.1 g/mol. The SMILES string of the molecule is [c]1cscn1. The van der Waals surface area contributed by atoms with Crippen LogP contribution in [0.15, 0.2) is 10.9 Å². The van der Waals surface area contributed by atoms with Crippen LogP contribution in [0.1, 0.15) is 0 Å². The number of nitrogens with zero attached hydrogens (tertiary/aromatic N) is 1. The molecule has 0 aliphatic rings. The molecule has 0 bridgehead atoms. The van der Waals surface area contributed by atoms with E-state index in [1.54, 1.807) is 22.2 Å². The summed E-state index contributed by atoms with van der Waals surface area (Å²) in [5, 5.41) is 1.81. The smallest absolute Gasteiger partial charge is 0.100 e. The zero-order chi connectivity index (χ0) is 3.54. The molecule has 1 aromatic heterocycles. The van der Waals surface area contributed by atoms with Crippen molar-refractivity contribution in [3.8, 4) is 0 Å². The van der Waals surface area contributed by atoms with Crippen molar-refractivity contribution in [2.24, 2.45) is 0 Å². The van der Waals surface area contributed by atoms with Gasteiger partial charge in [-0.15, -0.1) is 11.3 Å². The molecular weight excluding hydrogens is 82.1 g/mol. The van der Waals surface area contributed by atoms with Gasteiger partial charge < -0.3 is 0 Å². The highest BCUT2D eigenvalue weighted by Gasteiger charge is 1.61. The molecule has 1 nitrogen and oxygen atoms in total. The van der Waals surface area contributed by atoms with E-state index in [1.807, 2.05) is 0 Å². The zero-order valence-electron chi connectivity index (χ0n) is 2.51. The molecule has 0 aliphatic heterocycles. The summed E-state index contributed by atoms with van der Waals surface area (Å²) in [7, 11) is 0. The van der Waals surface area contributed by atoms with Crippen LogP contribution in [-0.2, 0) is 0 Å². The van der Waals surface area contributed by atoms with Crippen molar-refractivity contribution < 1.29 is 0 Å². The van der Waals surface area contributed by atoms with Crippen molar-refractivity contribution in [2.75, 3.05) is 0 Å². The van der Waals surface area contributed by atoms with Gasteiger partial charge in [0.25, 0.3) is 0 Å². The van der Waals surface area contributed by atoms with E-state index in [9.17, 15) is 0 Å². The lowest BCUT2D eigenvalue weighted by Crippen LogP contribution is -1.40. The van der Waals surface area contributed by atoms with Gasteiger partial charge in [-0.05, 0) is 0 Å². The predicted molar refractivity (Wildman–Crippen MR) is 20.9 cm³/mol. The van der Waals surface area contributed by atoms with Gasteiger partial charge in [-0.2, -0.15) is 0 Å². The first-order valence-electron chi connectivity index (χ1n) is 1.24. The molecule has 25 valence electrons. The van der Waals surface area contributed by atoms with E-state index in [2.05, 4.69) is 11.2 Å². The first kappa shape index (κ1) is 2.85. The Hall–Kier alpha value is -0.370. The Morgan fingerprint density at radius 3 is 3.00 bits per heavy atom. The standard InChI is InChI=1S/C3H2NS/c1-2-5-3-4-1/h2-3H. The maximum absolute atomic E-state index is 3.62. The maximum atomic E-state index is 3.62. The molecule has 0 aromatic carbocycles. The third kappa shape index (κ3) is 0.450. The second kappa shape index (κ2) is 1.17. The Labute approximate surface area is 34.3 Å². The Morgan fingerprint density at radius 1 is 1.80 bits per heavy atom. The predicted octanol–water partition coefficient (Wildman–Crippen LogP) is 0.943. The highest BCUT2D eigenvalue weighted by Crippen LogP contribution is 1.84. The highest BCUT2D eigenvalue weighted by molar-refractivity contribution is 7.07. The van der Waals surface area contributed by atoms with E-state index in [-0.39, 0.29) is 0 Å². The lowest BCUT2D eigenvalue weighted by molar-refractivity contribution is 1.41. The average Bonchev–Trinajstić information content (AvgIpc) is 1.76. The Bertz CT molecular complexity index is 63.4. The van der Waals surface area contributed by atoms with Crippen molar-refractivity contribution in [2.45, 2.75) is 0 Å². The van der Waals surface area contributed by atoms with Crippen molar-refractivity contribution in [1.29, 1.82) is 0 Å². The number of thiazole rings is 1. The van der Waals surface area contributed by atoms with E-state index in [0.717, 1.165) is 0 Å². The first-order chi connectivity index (χ1) is 2.50. The normalized spacial score (nSPS) is 8.00. The van der Waals surface area contributed by atoms with Gasteiger partial charge in [0.2, 0.25) is 0 Å². The molecule has 0 spiro atoms. The van der Waals surface area contributed by atoms with Crippen LogP contribution >= 0.6 is 11.3 Å². The van der Waals surface area contributed by atoms with E-state index in [0.29, 0.717) is 0 Å². The lowest BCUT2D eigenvalue weighted by Gasteiger charge is -1.39. The molecule has 5 heavy (non-hydrogen) atoms. The fourth-order valence-corrected chi connectivity index (χ4v) is 0.456. The quantitative estimate of drug-likeness (QED) is 0.456. The van der Waals surface area contributed by atoms with E-state index in [1.165, 1.54) is 0 Å². The van der Waals surface area contributed by atoms with Gasteiger partial charge in [0.15, 0.2) is 0 Å². The Morgan fingerprint density at radius 2 is 2.80 bits per heavy atom. The fourth-order valence-electron chi connectivity index (χ4n) is 0.152. The monoisotopic (exact) mass is 84.0 g/mol. The van der Waals surface area contributed by atoms with Crippen molar-refractivity contribution in [1.82, 2.24) is 4.98 Å². The Balaban J connectivity index is 3.13.